The molecule has 1 N–H and O–H groups in total. The summed E-state index contributed by atoms with van der Waals surface area (Å²) in [4.78, 5) is 37.4. The number of carbonyl (C=O) groups excluding carboxylic acids is 3. The van der Waals surface area contributed by atoms with Crippen molar-refractivity contribution in [2.75, 3.05) is 11.9 Å². The van der Waals surface area contributed by atoms with Gasteiger partial charge in [0.25, 0.3) is 5.91 Å². The van der Waals surface area contributed by atoms with E-state index in [0.29, 0.717) is 22.0 Å². The normalized spacial score (nSPS) is 15.8. The fourth-order valence-corrected chi connectivity index (χ4v) is 4.12. The van der Waals surface area contributed by atoms with E-state index in [1.54, 1.807) is 24.3 Å². The number of ketones is 1. The van der Waals surface area contributed by atoms with Gasteiger partial charge in [-0.2, -0.15) is 0 Å². The average molecular weight is 371 g/mol. The van der Waals surface area contributed by atoms with Crippen LogP contribution in [0.15, 0.2) is 30.3 Å². The van der Waals surface area contributed by atoms with Crippen LogP contribution in [0.4, 0.5) is 5.69 Å². The van der Waals surface area contributed by atoms with E-state index in [9.17, 15) is 14.4 Å². The molecule has 1 aliphatic rings. The smallest absolute Gasteiger partial charge is 0.348 e. The van der Waals surface area contributed by atoms with Crippen molar-refractivity contribution in [3.8, 4) is 0 Å². The highest BCUT2D eigenvalue weighted by molar-refractivity contribution is 7.14. The fraction of sp³-hybridized carbons (Fsp3) is 0.350. The van der Waals surface area contributed by atoms with Gasteiger partial charge in [0.2, 0.25) is 0 Å². The summed E-state index contributed by atoms with van der Waals surface area (Å²) < 4.78 is 5.14. The van der Waals surface area contributed by atoms with Gasteiger partial charge in [0.05, 0.1) is 0 Å². The standard InChI is InChI=1S/C20H21NO4S/c1-12-6-7-17-15(8-12)10-18(26-17)20(24)25-11-19(23)21-16-5-3-4-14(9-16)13(2)22/h3-5,9-10,12H,6-8,11H2,1-2H3,(H,21,23)/t12-/m0/s1. The Hall–Kier alpha value is -2.47. The molecule has 1 aliphatic carbocycles. The second-order valence-electron chi connectivity index (χ2n) is 6.67. The molecule has 1 atom stereocenters. The van der Waals surface area contributed by atoms with Crippen molar-refractivity contribution in [2.45, 2.75) is 33.1 Å². The number of nitrogens with one attached hydrogen (secondary N) is 1. The highest BCUT2D eigenvalue weighted by Crippen LogP contribution is 2.32. The number of amides is 1. The van der Waals surface area contributed by atoms with Crippen LogP contribution in [0.3, 0.4) is 0 Å². The zero-order valence-corrected chi connectivity index (χ0v) is 15.7. The molecule has 26 heavy (non-hydrogen) atoms. The first-order chi connectivity index (χ1) is 12.4. The first-order valence-electron chi connectivity index (χ1n) is 8.62. The third-order valence-electron chi connectivity index (χ3n) is 4.42. The number of esters is 1. The van der Waals surface area contributed by atoms with Gasteiger partial charge in [0, 0.05) is 16.1 Å². The minimum Gasteiger partial charge on any atom is -0.451 e. The number of carbonyl (C=O) groups is 3. The van der Waals surface area contributed by atoms with Gasteiger partial charge in [0.15, 0.2) is 12.4 Å². The summed E-state index contributed by atoms with van der Waals surface area (Å²) >= 11 is 1.46. The number of ether oxygens (including phenoxy) is 1. The number of benzene rings is 1. The number of hydrogen-bond acceptors (Lipinski definition) is 5. The van der Waals surface area contributed by atoms with E-state index in [1.165, 1.54) is 28.7 Å². The average Bonchev–Trinajstić information content (AvgIpc) is 3.03. The summed E-state index contributed by atoms with van der Waals surface area (Å²) in [5, 5.41) is 2.63. The molecule has 5 nitrogen and oxygen atoms in total. The molecule has 0 fully saturated rings. The first kappa shape index (κ1) is 18.3. The molecule has 0 saturated heterocycles. The van der Waals surface area contributed by atoms with Gasteiger partial charge < -0.3 is 10.1 Å². The van der Waals surface area contributed by atoms with Gasteiger partial charge in [0.1, 0.15) is 4.88 Å². The lowest BCUT2D eigenvalue weighted by molar-refractivity contribution is -0.119. The second kappa shape index (κ2) is 7.83. The molecule has 0 saturated carbocycles. The number of thiophene rings is 1. The number of aryl methyl sites for hydroxylation is 1. The fourth-order valence-electron chi connectivity index (χ4n) is 3.02. The quantitative estimate of drug-likeness (QED) is 0.640. The summed E-state index contributed by atoms with van der Waals surface area (Å²) in [6.07, 6.45) is 3.14. The molecular weight excluding hydrogens is 350 g/mol. The van der Waals surface area contributed by atoms with Crippen LogP contribution in [0.2, 0.25) is 0 Å². The van der Waals surface area contributed by atoms with E-state index in [4.69, 9.17) is 4.74 Å². The Morgan fingerprint density at radius 3 is 2.85 bits per heavy atom. The zero-order valence-electron chi connectivity index (χ0n) is 14.8. The van der Waals surface area contributed by atoms with Crippen molar-refractivity contribution < 1.29 is 19.1 Å². The molecule has 0 unspecified atom stereocenters. The van der Waals surface area contributed by atoms with Crippen LogP contribution in [-0.2, 0) is 22.4 Å². The molecule has 3 rings (SSSR count). The van der Waals surface area contributed by atoms with Crippen LogP contribution in [0, 0.1) is 5.92 Å². The summed E-state index contributed by atoms with van der Waals surface area (Å²) in [5.74, 6) is -0.347. The maximum atomic E-state index is 12.2. The summed E-state index contributed by atoms with van der Waals surface area (Å²) in [7, 11) is 0. The van der Waals surface area contributed by atoms with Crippen molar-refractivity contribution in [2.24, 2.45) is 5.92 Å². The predicted octanol–water partition coefficient (Wildman–Crippen LogP) is 3.87. The number of hydrogen-bond donors (Lipinski definition) is 1. The van der Waals surface area contributed by atoms with Crippen molar-refractivity contribution in [3.05, 3.63) is 51.2 Å². The Bertz CT molecular complexity index is 855. The third kappa shape index (κ3) is 4.38. The number of fused-ring (bicyclic) bond motifs is 1. The minimum absolute atomic E-state index is 0.0801. The van der Waals surface area contributed by atoms with E-state index >= 15 is 0 Å². The highest BCUT2D eigenvalue weighted by Gasteiger charge is 2.21. The molecule has 1 heterocycles. The Morgan fingerprint density at radius 1 is 1.27 bits per heavy atom. The SMILES string of the molecule is CC(=O)c1cccc(NC(=O)COC(=O)c2cc3c(s2)CC[C@H](C)C3)c1. The van der Waals surface area contributed by atoms with Crippen molar-refractivity contribution in [1.82, 2.24) is 0 Å². The molecular formula is C20H21NO4S. The molecule has 0 radical (unpaired) electrons. The number of anilines is 1. The minimum atomic E-state index is -0.468. The summed E-state index contributed by atoms with van der Waals surface area (Å²) in [6, 6.07) is 8.54. The predicted molar refractivity (Wildman–Crippen MR) is 101 cm³/mol. The Kier molecular flexibility index (Phi) is 5.52. The van der Waals surface area contributed by atoms with E-state index < -0.39 is 11.9 Å². The molecule has 1 aromatic heterocycles. The largest absolute Gasteiger partial charge is 0.451 e. The molecule has 0 bridgehead atoms. The lowest BCUT2D eigenvalue weighted by Crippen LogP contribution is -2.20. The third-order valence-corrected chi connectivity index (χ3v) is 5.63. The monoisotopic (exact) mass is 371 g/mol. The number of rotatable bonds is 5. The molecule has 1 amide bonds. The van der Waals surface area contributed by atoms with Gasteiger partial charge in [-0.1, -0.05) is 19.1 Å². The zero-order chi connectivity index (χ0) is 18.7. The van der Waals surface area contributed by atoms with Crippen LogP contribution in [-0.4, -0.2) is 24.3 Å². The van der Waals surface area contributed by atoms with Gasteiger partial charge in [-0.05, 0) is 55.9 Å². The maximum absolute atomic E-state index is 12.2. The van der Waals surface area contributed by atoms with Crippen LogP contribution >= 0.6 is 11.3 Å². The van der Waals surface area contributed by atoms with E-state index in [-0.39, 0.29) is 12.4 Å². The molecule has 0 spiro atoms. The van der Waals surface area contributed by atoms with Crippen LogP contribution in [0.5, 0.6) is 0 Å². The van der Waals surface area contributed by atoms with Gasteiger partial charge in [-0.15, -0.1) is 11.3 Å². The van der Waals surface area contributed by atoms with Crippen molar-refractivity contribution >= 4 is 34.7 Å². The molecule has 2 aromatic rings. The maximum Gasteiger partial charge on any atom is 0.348 e. The molecule has 6 heteroatoms. The van der Waals surface area contributed by atoms with Crippen LogP contribution < -0.4 is 5.32 Å². The molecule has 136 valence electrons. The van der Waals surface area contributed by atoms with Gasteiger partial charge >= 0.3 is 5.97 Å². The summed E-state index contributed by atoms with van der Waals surface area (Å²) in [6.45, 7) is 3.32. The summed E-state index contributed by atoms with van der Waals surface area (Å²) in [5.41, 5.74) is 2.24. The molecule has 0 aliphatic heterocycles. The van der Waals surface area contributed by atoms with Crippen LogP contribution in [0.1, 0.15) is 50.7 Å². The van der Waals surface area contributed by atoms with Crippen LogP contribution in [0.25, 0.3) is 0 Å². The Morgan fingerprint density at radius 2 is 2.08 bits per heavy atom. The number of Topliss-reactive ketones (excluding diaryl/α,β-unsaturated/α-hetero) is 1. The van der Waals surface area contributed by atoms with E-state index in [0.717, 1.165) is 19.3 Å². The van der Waals surface area contributed by atoms with Crippen molar-refractivity contribution in [3.63, 3.8) is 0 Å². The van der Waals surface area contributed by atoms with E-state index in [1.807, 2.05) is 6.07 Å². The highest BCUT2D eigenvalue weighted by atomic mass is 32.1. The van der Waals surface area contributed by atoms with Gasteiger partial charge in [-0.25, -0.2) is 4.79 Å². The molecule has 1 aromatic carbocycles. The Labute approximate surface area is 156 Å². The van der Waals surface area contributed by atoms with E-state index in [2.05, 4.69) is 12.2 Å². The van der Waals surface area contributed by atoms with Gasteiger partial charge in [-0.3, -0.25) is 9.59 Å². The van der Waals surface area contributed by atoms with Crippen molar-refractivity contribution in [1.29, 1.82) is 0 Å². The lowest BCUT2D eigenvalue weighted by Gasteiger charge is -2.16. The first-order valence-corrected chi connectivity index (χ1v) is 9.43. The lowest BCUT2D eigenvalue weighted by atomic mass is 9.90. The second-order valence-corrected chi connectivity index (χ2v) is 7.81. The topological polar surface area (TPSA) is 72.5 Å². The Balaban J connectivity index is 1.55.